The average molecular weight is 250 g/mol. The van der Waals surface area contributed by atoms with Crippen molar-refractivity contribution in [3.05, 3.63) is 33.2 Å². The molecular formula is C14H22N2O2. The lowest BCUT2D eigenvalue weighted by atomic mass is 10.1. The third kappa shape index (κ3) is 3.45. The van der Waals surface area contributed by atoms with Gasteiger partial charge in [0.05, 0.1) is 0 Å². The van der Waals surface area contributed by atoms with Crippen LogP contribution in [-0.2, 0) is 6.42 Å². The third-order valence-electron chi connectivity index (χ3n) is 3.25. The second kappa shape index (κ2) is 6.38. The van der Waals surface area contributed by atoms with Gasteiger partial charge in [-0.2, -0.15) is 0 Å². The molecule has 0 aromatic carbocycles. The maximum atomic E-state index is 11.9. The molecule has 0 aliphatic heterocycles. The topological polar surface area (TPSA) is 62.0 Å². The summed E-state index contributed by atoms with van der Waals surface area (Å²) in [6.07, 6.45) is 1.76. The zero-order valence-electron chi connectivity index (χ0n) is 11.6. The van der Waals surface area contributed by atoms with E-state index < -0.39 is 0 Å². The number of aryl methyl sites for hydroxylation is 2. The van der Waals surface area contributed by atoms with Crippen molar-refractivity contribution in [1.82, 2.24) is 10.3 Å². The first-order valence-corrected chi connectivity index (χ1v) is 6.50. The largest absolute Gasteiger partial charge is 0.352 e. The summed E-state index contributed by atoms with van der Waals surface area (Å²) in [5, 5.41) is 2.80. The van der Waals surface area contributed by atoms with Gasteiger partial charge in [0.1, 0.15) is 5.56 Å². The van der Waals surface area contributed by atoms with E-state index >= 15 is 0 Å². The molecule has 100 valence electrons. The molecule has 0 saturated heterocycles. The highest BCUT2D eigenvalue weighted by molar-refractivity contribution is 5.94. The Balaban J connectivity index is 2.87. The molecule has 0 aliphatic rings. The van der Waals surface area contributed by atoms with E-state index in [0.717, 1.165) is 24.1 Å². The van der Waals surface area contributed by atoms with Crippen molar-refractivity contribution in [2.45, 2.75) is 40.5 Å². The Morgan fingerprint density at radius 3 is 2.67 bits per heavy atom. The first-order valence-electron chi connectivity index (χ1n) is 6.50. The van der Waals surface area contributed by atoms with Crippen LogP contribution in [0.25, 0.3) is 0 Å². The van der Waals surface area contributed by atoms with Gasteiger partial charge >= 0.3 is 0 Å². The van der Waals surface area contributed by atoms with Crippen molar-refractivity contribution in [2.75, 3.05) is 6.54 Å². The first kappa shape index (κ1) is 14.5. The monoisotopic (exact) mass is 250 g/mol. The Kier molecular flexibility index (Phi) is 5.13. The molecule has 0 bridgehead atoms. The quantitative estimate of drug-likeness (QED) is 0.840. The Morgan fingerprint density at radius 2 is 2.11 bits per heavy atom. The summed E-state index contributed by atoms with van der Waals surface area (Å²) >= 11 is 0. The molecule has 2 N–H and O–H groups in total. The summed E-state index contributed by atoms with van der Waals surface area (Å²) in [5.41, 5.74) is 1.73. The lowest BCUT2D eigenvalue weighted by molar-refractivity contribution is 0.0946. The van der Waals surface area contributed by atoms with Crippen LogP contribution in [0.3, 0.4) is 0 Å². The lowest BCUT2D eigenvalue weighted by Crippen LogP contribution is -2.33. The molecule has 0 saturated carbocycles. The zero-order chi connectivity index (χ0) is 13.7. The van der Waals surface area contributed by atoms with Gasteiger partial charge in [0, 0.05) is 12.2 Å². The number of hydrogen-bond donors (Lipinski definition) is 2. The van der Waals surface area contributed by atoms with E-state index in [1.54, 1.807) is 6.07 Å². The van der Waals surface area contributed by atoms with E-state index in [1.807, 2.05) is 13.8 Å². The molecule has 1 rings (SSSR count). The van der Waals surface area contributed by atoms with Gasteiger partial charge in [-0.3, -0.25) is 9.59 Å². The molecule has 0 unspecified atom stereocenters. The van der Waals surface area contributed by atoms with E-state index in [4.69, 9.17) is 0 Å². The van der Waals surface area contributed by atoms with Gasteiger partial charge in [-0.25, -0.2) is 0 Å². The minimum absolute atomic E-state index is 0.202. The predicted octanol–water partition coefficient (Wildman–Crippen LogP) is 2.02. The highest BCUT2D eigenvalue weighted by Crippen LogP contribution is 2.05. The van der Waals surface area contributed by atoms with E-state index in [0.29, 0.717) is 12.5 Å². The lowest BCUT2D eigenvalue weighted by Gasteiger charge is -2.11. The summed E-state index contributed by atoms with van der Waals surface area (Å²) in [6, 6.07) is 1.67. The molecule has 1 atom stereocenters. The molecule has 0 fully saturated rings. The number of rotatable bonds is 5. The highest BCUT2D eigenvalue weighted by Gasteiger charge is 2.13. The number of carbonyl (C=O) groups excluding carboxylic acids is 1. The Hall–Kier alpha value is -1.58. The summed E-state index contributed by atoms with van der Waals surface area (Å²) in [6.45, 7) is 8.62. The number of aromatic nitrogens is 1. The van der Waals surface area contributed by atoms with Crippen molar-refractivity contribution >= 4 is 5.91 Å². The first-order chi connectivity index (χ1) is 8.49. The summed E-state index contributed by atoms with van der Waals surface area (Å²) in [7, 11) is 0. The van der Waals surface area contributed by atoms with Gasteiger partial charge in [0.25, 0.3) is 11.5 Å². The number of pyridine rings is 1. The number of nitrogens with one attached hydrogen (secondary N) is 2. The summed E-state index contributed by atoms with van der Waals surface area (Å²) in [5.74, 6) is 0.131. The highest BCUT2D eigenvalue weighted by atomic mass is 16.2. The van der Waals surface area contributed by atoms with Crippen LogP contribution in [0.15, 0.2) is 10.9 Å². The third-order valence-corrected chi connectivity index (χ3v) is 3.25. The Bertz CT molecular complexity index is 477. The molecule has 18 heavy (non-hydrogen) atoms. The number of hydrogen-bond acceptors (Lipinski definition) is 2. The molecule has 0 aliphatic carbocycles. The molecule has 0 radical (unpaired) electrons. The maximum Gasteiger partial charge on any atom is 0.261 e. The van der Waals surface area contributed by atoms with Crippen LogP contribution >= 0.6 is 0 Å². The molecule has 1 aromatic heterocycles. The number of amides is 1. The molecular weight excluding hydrogens is 228 g/mol. The minimum atomic E-state index is -0.306. The fraction of sp³-hybridized carbons (Fsp3) is 0.571. The van der Waals surface area contributed by atoms with Crippen molar-refractivity contribution < 1.29 is 4.79 Å². The van der Waals surface area contributed by atoms with Gasteiger partial charge in [-0.15, -0.1) is 0 Å². The fourth-order valence-electron chi connectivity index (χ4n) is 1.71. The number of carbonyl (C=O) groups is 1. The van der Waals surface area contributed by atoms with Crippen LogP contribution in [-0.4, -0.2) is 17.4 Å². The van der Waals surface area contributed by atoms with Crippen LogP contribution < -0.4 is 10.9 Å². The van der Waals surface area contributed by atoms with Crippen molar-refractivity contribution in [3.63, 3.8) is 0 Å². The van der Waals surface area contributed by atoms with Crippen molar-refractivity contribution in [2.24, 2.45) is 5.92 Å². The van der Waals surface area contributed by atoms with Gasteiger partial charge in [0.15, 0.2) is 0 Å². The van der Waals surface area contributed by atoms with Gasteiger partial charge in [-0.05, 0) is 30.9 Å². The molecule has 4 heteroatoms. The van der Waals surface area contributed by atoms with E-state index in [2.05, 4.69) is 24.1 Å². The number of aromatic amines is 1. The van der Waals surface area contributed by atoms with Crippen molar-refractivity contribution in [3.8, 4) is 0 Å². The molecule has 1 aromatic rings. The van der Waals surface area contributed by atoms with E-state index in [9.17, 15) is 9.59 Å². The van der Waals surface area contributed by atoms with Gasteiger partial charge in [0.2, 0.25) is 0 Å². The van der Waals surface area contributed by atoms with Crippen LogP contribution in [0.1, 0.15) is 48.8 Å². The van der Waals surface area contributed by atoms with Gasteiger partial charge in [-0.1, -0.05) is 27.2 Å². The summed E-state index contributed by atoms with van der Waals surface area (Å²) < 4.78 is 0. The van der Waals surface area contributed by atoms with E-state index in [1.165, 1.54) is 0 Å². The smallest absolute Gasteiger partial charge is 0.261 e. The number of H-pyrrole nitrogens is 1. The second-order valence-electron chi connectivity index (χ2n) is 4.75. The Morgan fingerprint density at radius 1 is 1.44 bits per heavy atom. The fourth-order valence-corrected chi connectivity index (χ4v) is 1.71. The Labute approximate surface area is 108 Å². The molecule has 0 spiro atoms. The normalized spacial score (nSPS) is 12.2. The minimum Gasteiger partial charge on any atom is -0.352 e. The second-order valence-corrected chi connectivity index (χ2v) is 4.75. The zero-order valence-corrected chi connectivity index (χ0v) is 11.6. The maximum absolute atomic E-state index is 11.9. The van der Waals surface area contributed by atoms with Crippen LogP contribution in [0, 0.1) is 12.8 Å². The molecule has 1 heterocycles. The van der Waals surface area contributed by atoms with Crippen LogP contribution in [0.2, 0.25) is 0 Å². The van der Waals surface area contributed by atoms with Crippen molar-refractivity contribution in [1.29, 1.82) is 0 Å². The average Bonchev–Trinajstić information content (AvgIpc) is 2.37. The molecule has 1 amide bonds. The van der Waals surface area contributed by atoms with Crippen LogP contribution in [0.4, 0.5) is 0 Å². The predicted molar refractivity (Wildman–Crippen MR) is 73.0 cm³/mol. The van der Waals surface area contributed by atoms with Crippen LogP contribution in [0.5, 0.6) is 0 Å². The SMILES string of the molecule is CCc1[nH]c(=O)c(C(=O)NC[C@H](C)CC)cc1C. The standard InChI is InChI=1S/C14H22N2O2/c1-5-9(3)8-15-13(17)11-7-10(4)12(6-2)16-14(11)18/h7,9H,5-6,8H2,1-4H3,(H,15,17)(H,16,18)/t9-/m1/s1. The summed E-state index contributed by atoms with van der Waals surface area (Å²) in [4.78, 5) is 26.5. The molecule has 4 nitrogen and oxygen atoms in total. The van der Waals surface area contributed by atoms with Gasteiger partial charge < -0.3 is 10.3 Å². The van der Waals surface area contributed by atoms with E-state index in [-0.39, 0.29) is 17.0 Å².